The number of carbonyl (C=O) groups is 1. The fraction of sp³-hybridized carbons (Fsp3) is 0.273. The van der Waals surface area contributed by atoms with Crippen LogP contribution >= 0.6 is 0 Å². The van der Waals surface area contributed by atoms with Gasteiger partial charge in [0.25, 0.3) is 5.91 Å². The average molecular weight is 403 g/mol. The van der Waals surface area contributed by atoms with Gasteiger partial charge in [-0.2, -0.15) is 4.68 Å². The van der Waals surface area contributed by atoms with Crippen LogP contribution in [0.3, 0.4) is 0 Å². The highest BCUT2D eigenvalue weighted by Gasteiger charge is 2.34. The summed E-state index contributed by atoms with van der Waals surface area (Å²) in [5, 5.41) is 18.2. The molecule has 0 saturated heterocycles. The second kappa shape index (κ2) is 7.62. The molecule has 30 heavy (non-hydrogen) atoms. The van der Waals surface area contributed by atoms with Crippen LogP contribution < -0.4 is 15.5 Å². The molecule has 2 aromatic carbocycles. The molecular formula is C22H25N7O. The lowest BCUT2D eigenvalue weighted by atomic mass is 9.94. The molecule has 1 amide bonds. The molecule has 1 unspecified atom stereocenters. The Morgan fingerprint density at radius 2 is 1.83 bits per heavy atom. The molecule has 2 N–H and O–H groups in total. The number of benzene rings is 2. The highest BCUT2D eigenvalue weighted by atomic mass is 16.1. The Hall–Kier alpha value is -3.68. The first-order chi connectivity index (χ1) is 14.4. The minimum atomic E-state index is -0.433. The summed E-state index contributed by atoms with van der Waals surface area (Å²) in [6.07, 6.45) is 0. The first-order valence-corrected chi connectivity index (χ1v) is 9.77. The molecule has 3 aromatic rings. The minimum Gasteiger partial charge on any atom is -0.378 e. The molecule has 0 spiro atoms. The van der Waals surface area contributed by atoms with Crippen molar-refractivity contribution < 1.29 is 4.79 Å². The van der Waals surface area contributed by atoms with E-state index in [1.54, 1.807) is 4.68 Å². The Morgan fingerprint density at radius 3 is 2.53 bits per heavy atom. The predicted molar refractivity (Wildman–Crippen MR) is 118 cm³/mol. The van der Waals surface area contributed by atoms with Crippen molar-refractivity contribution in [2.45, 2.75) is 26.8 Å². The summed E-state index contributed by atoms with van der Waals surface area (Å²) in [6, 6.07) is 13.5. The third-order valence-corrected chi connectivity index (χ3v) is 5.54. The number of aromatic nitrogens is 4. The molecule has 2 heterocycles. The third kappa shape index (κ3) is 3.41. The predicted octanol–water partition coefficient (Wildman–Crippen LogP) is 3.28. The minimum absolute atomic E-state index is 0.184. The van der Waals surface area contributed by atoms with Crippen molar-refractivity contribution in [3.8, 4) is 0 Å². The highest BCUT2D eigenvalue weighted by molar-refractivity contribution is 6.06. The normalized spacial score (nSPS) is 15.4. The summed E-state index contributed by atoms with van der Waals surface area (Å²) in [6.45, 7) is 5.90. The van der Waals surface area contributed by atoms with Crippen molar-refractivity contribution in [2.75, 3.05) is 29.6 Å². The van der Waals surface area contributed by atoms with Gasteiger partial charge >= 0.3 is 0 Å². The van der Waals surface area contributed by atoms with E-state index in [9.17, 15) is 4.79 Å². The fourth-order valence-electron chi connectivity index (χ4n) is 3.65. The van der Waals surface area contributed by atoms with Gasteiger partial charge in [0.2, 0.25) is 5.95 Å². The number of rotatable bonds is 4. The van der Waals surface area contributed by atoms with Crippen LogP contribution in [0, 0.1) is 13.8 Å². The van der Waals surface area contributed by atoms with Gasteiger partial charge in [-0.15, -0.1) is 0 Å². The van der Waals surface area contributed by atoms with Gasteiger partial charge in [-0.1, -0.05) is 29.4 Å². The first kappa shape index (κ1) is 19.6. The Balaban J connectivity index is 1.75. The van der Waals surface area contributed by atoms with Gasteiger partial charge in [0.05, 0.1) is 5.57 Å². The molecule has 1 aliphatic rings. The van der Waals surface area contributed by atoms with Crippen LogP contribution in [-0.4, -0.2) is 40.2 Å². The van der Waals surface area contributed by atoms with Crippen molar-refractivity contribution >= 4 is 23.2 Å². The van der Waals surface area contributed by atoms with Gasteiger partial charge < -0.3 is 15.5 Å². The van der Waals surface area contributed by atoms with E-state index in [1.165, 1.54) is 0 Å². The number of hydrogen-bond acceptors (Lipinski definition) is 6. The SMILES string of the molecule is CC1=C(C(=O)Nc2cccc(C)c2C)C(c2ccc(N(C)C)cc2)n2nnnc2N1. The van der Waals surface area contributed by atoms with Gasteiger partial charge in [0.1, 0.15) is 6.04 Å². The van der Waals surface area contributed by atoms with Crippen molar-refractivity contribution in [1.29, 1.82) is 0 Å². The third-order valence-electron chi connectivity index (χ3n) is 5.54. The summed E-state index contributed by atoms with van der Waals surface area (Å²) >= 11 is 0. The van der Waals surface area contributed by atoms with Crippen LogP contribution in [0.1, 0.15) is 29.7 Å². The maximum absolute atomic E-state index is 13.4. The summed E-state index contributed by atoms with van der Waals surface area (Å²) in [5.74, 6) is 0.328. The maximum Gasteiger partial charge on any atom is 0.255 e. The zero-order chi connectivity index (χ0) is 21.4. The molecule has 0 fully saturated rings. The van der Waals surface area contributed by atoms with Crippen molar-refractivity contribution in [2.24, 2.45) is 0 Å². The average Bonchev–Trinajstić information content (AvgIpc) is 3.18. The van der Waals surface area contributed by atoms with Gasteiger partial charge in [-0.25, -0.2) is 0 Å². The molecule has 4 rings (SSSR count). The first-order valence-electron chi connectivity index (χ1n) is 9.77. The monoisotopic (exact) mass is 403 g/mol. The standard InChI is InChI=1S/C22H25N7O/c1-13-7-6-8-18(14(13)2)24-21(30)19-15(3)23-22-25-26-27-29(22)20(19)16-9-11-17(12-10-16)28(4)5/h6-12,20H,1-5H3,(H,24,30)(H,23,25,27). The van der Waals surface area contributed by atoms with Crippen LogP contribution in [0.2, 0.25) is 0 Å². The van der Waals surface area contributed by atoms with Gasteiger partial charge in [-0.05, 0) is 66.1 Å². The second-order valence-corrected chi connectivity index (χ2v) is 7.70. The lowest BCUT2D eigenvalue weighted by Gasteiger charge is -2.28. The van der Waals surface area contributed by atoms with Crippen LogP contribution in [-0.2, 0) is 4.79 Å². The maximum atomic E-state index is 13.4. The lowest BCUT2D eigenvalue weighted by molar-refractivity contribution is -0.113. The number of nitrogens with zero attached hydrogens (tertiary/aromatic N) is 5. The molecule has 1 aromatic heterocycles. The fourth-order valence-corrected chi connectivity index (χ4v) is 3.65. The van der Waals surface area contributed by atoms with Crippen molar-refractivity contribution in [1.82, 2.24) is 20.2 Å². The molecular weight excluding hydrogens is 378 g/mol. The van der Waals surface area contributed by atoms with Gasteiger partial charge in [0.15, 0.2) is 0 Å². The Kier molecular flexibility index (Phi) is 4.99. The zero-order valence-electron chi connectivity index (χ0n) is 17.8. The number of allylic oxidation sites excluding steroid dienone is 1. The Morgan fingerprint density at radius 1 is 1.10 bits per heavy atom. The molecule has 1 aliphatic heterocycles. The number of aryl methyl sites for hydroxylation is 1. The van der Waals surface area contributed by atoms with E-state index in [1.807, 2.05) is 82.2 Å². The number of fused-ring (bicyclic) bond motifs is 1. The molecule has 0 bridgehead atoms. The quantitative estimate of drug-likeness (QED) is 0.695. The van der Waals surface area contributed by atoms with Gasteiger partial charge in [0, 0.05) is 31.2 Å². The van der Waals surface area contributed by atoms with Gasteiger partial charge in [-0.3, -0.25) is 4.79 Å². The van der Waals surface area contributed by atoms with E-state index in [2.05, 4.69) is 26.2 Å². The second-order valence-electron chi connectivity index (χ2n) is 7.70. The smallest absolute Gasteiger partial charge is 0.255 e. The van der Waals surface area contributed by atoms with Crippen LogP contribution in [0.25, 0.3) is 0 Å². The van der Waals surface area contributed by atoms with E-state index in [4.69, 9.17) is 0 Å². The molecule has 8 nitrogen and oxygen atoms in total. The summed E-state index contributed by atoms with van der Waals surface area (Å²) in [7, 11) is 3.98. The van der Waals surface area contributed by atoms with E-state index in [-0.39, 0.29) is 5.91 Å². The lowest BCUT2D eigenvalue weighted by Crippen LogP contribution is -2.31. The van der Waals surface area contributed by atoms with Crippen LogP contribution in [0.5, 0.6) is 0 Å². The number of carbonyl (C=O) groups excluding carboxylic acids is 1. The summed E-state index contributed by atoms with van der Waals surface area (Å²) in [5.41, 5.74) is 6.27. The van der Waals surface area contributed by atoms with E-state index < -0.39 is 6.04 Å². The van der Waals surface area contributed by atoms with Crippen LogP contribution in [0.4, 0.5) is 17.3 Å². The number of anilines is 3. The zero-order valence-corrected chi connectivity index (χ0v) is 17.8. The number of tetrazole rings is 1. The molecule has 0 saturated carbocycles. The molecule has 8 heteroatoms. The summed E-state index contributed by atoms with van der Waals surface area (Å²) < 4.78 is 1.65. The van der Waals surface area contributed by atoms with Crippen LogP contribution in [0.15, 0.2) is 53.7 Å². The highest BCUT2D eigenvalue weighted by Crippen LogP contribution is 2.35. The number of amides is 1. The van der Waals surface area contributed by atoms with E-state index >= 15 is 0 Å². The van der Waals surface area contributed by atoms with E-state index in [0.717, 1.165) is 33.8 Å². The molecule has 1 atom stereocenters. The summed E-state index contributed by atoms with van der Waals surface area (Å²) in [4.78, 5) is 15.5. The van der Waals surface area contributed by atoms with E-state index in [0.29, 0.717) is 11.5 Å². The van der Waals surface area contributed by atoms with Crippen molar-refractivity contribution in [3.05, 3.63) is 70.4 Å². The van der Waals surface area contributed by atoms with Crippen molar-refractivity contribution in [3.63, 3.8) is 0 Å². The Bertz CT molecular complexity index is 1130. The largest absolute Gasteiger partial charge is 0.378 e. The number of hydrogen-bond donors (Lipinski definition) is 2. The molecule has 0 aliphatic carbocycles. The number of nitrogens with one attached hydrogen (secondary N) is 2. The molecule has 0 radical (unpaired) electrons. The topological polar surface area (TPSA) is 88.0 Å². The Labute approximate surface area is 175 Å². The molecule has 154 valence electrons.